The molecule has 0 saturated carbocycles. The van der Waals surface area contributed by atoms with Gasteiger partial charge in [0.05, 0.1) is 5.56 Å². The second-order valence-corrected chi connectivity index (χ2v) is 5.35. The Morgan fingerprint density at radius 3 is 2.55 bits per heavy atom. The fourth-order valence-electron chi connectivity index (χ4n) is 2.45. The number of nitrogens with one attached hydrogen (secondary N) is 1. The molecule has 0 unspecified atom stereocenters. The minimum atomic E-state index is -0.102. The number of piperidine rings is 1. The molecule has 2 rings (SSSR count). The van der Waals surface area contributed by atoms with Gasteiger partial charge in [0.25, 0.3) is 5.91 Å². The van der Waals surface area contributed by atoms with Gasteiger partial charge in [-0.1, -0.05) is 11.6 Å². The molecule has 0 atom stereocenters. The maximum absolute atomic E-state index is 12.4. The van der Waals surface area contributed by atoms with Crippen molar-refractivity contribution in [2.24, 2.45) is 5.92 Å². The van der Waals surface area contributed by atoms with Crippen LogP contribution in [0.3, 0.4) is 0 Å². The molecule has 5 nitrogen and oxygen atoms in total. The highest BCUT2D eigenvalue weighted by atomic mass is 35.5. The van der Waals surface area contributed by atoms with Crippen LogP contribution < -0.4 is 11.1 Å². The van der Waals surface area contributed by atoms with E-state index < -0.39 is 0 Å². The second-order valence-electron chi connectivity index (χ2n) is 4.91. The molecular formula is C14H18ClN3O2. The van der Waals surface area contributed by atoms with Gasteiger partial charge in [-0.25, -0.2) is 0 Å². The van der Waals surface area contributed by atoms with E-state index in [4.69, 9.17) is 17.3 Å². The van der Waals surface area contributed by atoms with Crippen LogP contribution in [0.15, 0.2) is 18.2 Å². The number of nitrogens with zero attached hydrogens (tertiary/aromatic N) is 1. The van der Waals surface area contributed by atoms with E-state index in [1.165, 1.54) is 0 Å². The molecule has 1 aliphatic heterocycles. The average molecular weight is 296 g/mol. The molecule has 1 saturated heterocycles. The molecule has 0 spiro atoms. The van der Waals surface area contributed by atoms with Crippen molar-refractivity contribution >= 4 is 29.1 Å². The number of amides is 2. The maximum atomic E-state index is 12.4. The van der Waals surface area contributed by atoms with Crippen LogP contribution >= 0.6 is 11.6 Å². The van der Waals surface area contributed by atoms with E-state index in [0.717, 1.165) is 0 Å². The summed E-state index contributed by atoms with van der Waals surface area (Å²) in [6, 6.07) is 4.87. The predicted octanol–water partition coefficient (Wildman–Crippen LogP) is 1.52. The summed E-state index contributed by atoms with van der Waals surface area (Å²) in [5.74, 6) is -0.0655. The summed E-state index contributed by atoms with van der Waals surface area (Å²) < 4.78 is 0. The molecule has 1 aromatic rings. The molecule has 2 amide bonds. The lowest BCUT2D eigenvalue weighted by molar-refractivity contribution is -0.125. The fraction of sp³-hybridized carbons (Fsp3) is 0.429. The number of nitrogens with two attached hydrogens (primary N) is 1. The monoisotopic (exact) mass is 295 g/mol. The average Bonchev–Trinajstić information content (AvgIpc) is 2.46. The Labute approximate surface area is 123 Å². The van der Waals surface area contributed by atoms with Crippen LogP contribution in [0, 0.1) is 5.92 Å². The zero-order chi connectivity index (χ0) is 14.7. The minimum Gasteiger partial charge on any atom is -0.398 e. The first-order valence-electron chi connectivity index (χ1n) is 6.59. The fourth-order valence-corrected chi connectivity index (χ4v) is 2.63. The Hall–Kier alpha value is -1.75. The smallest absolute Gasteiger partial charge is 0.255 e. The maximum Gasteiger partial charge on any atom is 0.255 e. The van der Waals surface area contributed by atoms with Gasteiger partial charge in [-0.3, -0.25) is 9.59 Å². The predicted molar refractivity (Wildman–Crippen MR) is 78.6 cm³/mol. The van der Waals surface area contributed by atoms with Gasteiger partial charge in [0.15, 0.2) is 0 Å². The molecule has 0 aromatic heterocycles. The van der Waals surface area contributed by atoms with Gasteiger partial charge in [0.1, 0.15) is 0 Å². The molecule has 3 N–H and O–H groups in total. The first kappa shape index (κ1) is 14.7. The Bertz CT molecular complexity index is 525. The standard InChI is InChI=1S/C14H18ClN3O2/c1-17-13(19)9-4-6-18(7-5-9)14(20)11-3-2-10(15)8-12(11)16/h2-3,8-9H,4-7,16H2,1H3,(H,17,19). The summed E-state index contributed by atoms with van der Waals surface area (Å²) in [6.45, 7) is 1.14. The van der Waals surface area contributed by atoms with Gasteiger partial charge in [-0.15, -0.1) is 0 Å². The molecule has 0 aliphatic carbocycles. The third-order valence-electron chi connectivity index (χ3n) is 3.64. The minimum absolute atomic E-state index is 0.00776. The van der Waals surface area contributed by atoms with Crippen molar-refractivity contribution in [2.75, 3.05) is 25.9 Å². The third-order valence-corrected chi connectivity index (χ3v) is 3.88. The number of benzene rings is 1. The zero-order valence-corrected chi connectivity index (χ0v) is 12.1. The number of hydrogen-bond acceptors (Lipinski definition) is 3. The number of carbonyl (C=O) groups is 2. The summed E-state index contributed by atoms with van der Waals surface area (Å²) in [6.07, 6.45) is 1.36. The van der Waals surface area contributed by atoms with Crippen LogP contribution in [0.5, 0.6) is 0 Å². The van der Waals surface area contributed by atoms with Gasteiger partial charge in [-0.05, 0) is 31.0 Å². The number of nitrogen functional groups attached to an aromatic ring is 1. The summed E-state index contributed by atoms with van der Waals surface area (Å²) >= 11 is 5.83. The van der Waals surface area contributed by atoms with Gasteiger partial charge in [0.2, 0.25) is 5.91 Å². The molecule has 20 heavy (non-hydrogen) atoms. The zero-order valence-electron chi connectivity index (χ0n) is 11.4. The molecule has 1 aromatic carbocycles. The highest BCUT2D eigenvalue weighted by Crippen LogP contribution is 2.23. The van der Waals surface area contributed by atoms with Crippen molar-refractivity contribution in [2.45, 2.75) is 12.8 Å². The summed E-state index contributed by atoms with van der Waals surface area (Å²) in [5.41, 5.74) is 6.68. The van der Waals surface area contributed by atoms with Crippen LogP contribution in [-0.2, 0) is 4.79 Å². The van der Waals surface area contributed by atoms with E-state index in [-0.39, 0.29) is 17.7 Å². The molecule has 0 bridgehead atoms. The van der Waals surface area contributed by atoms with Crippen molar-refractivity contribution in [1.82, 2.24) is 10.2 Å². The normalized spacial score (nSPS) is 16.0. The van der Waals surface area contributed by atoms with E-state index in [9.17, 15) is 9.59 Å². The Kier molecular flexibility index (Phi) is 4.49. The van der Waals surface area contributed by atoms with Crippen LogP contribution in [0.1, 0.15) is 23.2 Å². The summed E-state index contributed by atoms with van der Waals surface area (Å²) in [7, 11) is 1.63. The van der Waals surface area contributed by atoms with Crippen LogP contribution in [0.25, 0.3) is 0 Å². The Balaban J connectivity index is 2.03. The van der Waals surface area contributed by atoms with E-state index in [1.807, 2.05) is 0 Å². The van der Waals surface area contributed by atoms with Crippen LogP contribution in [0.2, 0.25) is 5.02 Å². The summed E-state index contributed by atoms with van der Waals surface area (Å²) in [4.78, 5) is 25.7. The van der Waals surface area contributed by atoms with E-state index in [2.05, 4.69) is 5.32 Å². The van der Waals surface area contributed by atoms with Crippen molar-refractivity contribution in [3.05, 3.63) is 28.8 Å². The number of likely N-dealkylation sites (tertiary alicyclic amines) is 1. The van der Waals surface area contributed by atoms with Crippen molar-refractivity contribution in [1.29, 1.82) is 0 Å². The first-order chi connectivity index (χ1) is 9.52. The largest absolute Gasteiger partial charge is 0.398 e. The molecule has 1 heterocycles. The molecular weight excluding hydrogens is 278 g/mol. The van der Waals surface area contributed by atoms with E-state index >= 15 is 0 Å². The number of carbonyl (C=O) groups excluding carboxylic acids is 2. The van der Waals surface area contributed by atoms with Crippen molar-refractivity contribution < 1.29 is 9.59 Å². The number of hydrogen-bond donors (Lipinski definition) is 2. The number of anilines is 1. The lowest BCUT2D eigenvalue weighted by atomic mass is 9.95. The Morgan fingerprint density at radius 2 is 2.00 bits per heavy atom. The molecule has 0 radical (unpaired) electrons. The van der Waals surface area contributed by atoms with Crippen molar-refractivity contribution in [3.8, 4) is 0 Å². The SMILES string of the molecule is CNC(=O)C1CCN(C(=O)c2ccc(Cl)cc2N)CC1. The molecule has 1 fully saturated rings. The van der Waals surface area contributed by atoms with E-state index in [1.54, 1.807) is 30.1 Å². The molecule has 108 valence electrons. The van der Waals surface area contributed by atoms with Gasteiger partial charge < -0.3 is 16.0 Å². The van der Waals surface area contributed by atoms with Crippen LogP contribution in [-0.4, -0.2) is 36.9 Å². The Morgan fingerprint density at radius 1 is 1.35 bits per heavy atom. The highest BCUT2D eigenvalue weighted by Gasteiger charge is 2.27. The van der Waals surface area contributed by atoms with Crippen LogP contribution in [0.4, 0.5) is 5.69 Å². The summed E-state index contributed by atoms with van der Waals surface area (Å²) in [5, 5.41) is 3.16. The number of rotatable bonds is 2. The van der Waals surface area contributed by atoms with Gasteiger partial charge in [-0.2, -0.15) is 0 Å². The lowest BCUT2D eigenvalue weighted by Gasteiger charge is -2.31. The molecule has 1 aliphatic rings. The third kappa shape index (κ3) is 3.04. The number of halogens is 1. The first-order valence-corrected chi connectivity index (χ1v) is 6.96. The van der Waals surface area contributed by atoms with Gasteiger partial charge in [0, 0.05) is 36.8 Å². The van der Waals surface area contributed by atoms with Gasteiger partial charge >= 0.3 is 0 Å². The quantitative estimate of drug-likeness (QED) is 0.812. The molecule has 6 heteroatoms. The second kappa shape index (κ2) is 6.13. The lowest BCUT2D eigenvalue weighted by Crippen LogP contribution is -2.42. The topological polar surface area (TPSA) is 75.4 Å². The van der Waals surface area contributed by atoms with Crippen molar-refractivity contribution in [3.63, 3.8) is 0 Å². The highest BCUT2D eigenvalue weighted by molar-refractivity contribution is 6.31. The van der Waals surface area contributed by atoms with E-state index in [0.29, 0.717) is 42.2 Å².